The lowest BCUT2D eigenvalue weighted by molar-refractivity contribution is -0.134. The molecule has 0 aromatic carbocycles. The quantitative estimate of drug-likeness (QED) is 0.257. The highest BCUT2D eigenvalue weighted by Crippen LogP contribution is 2.10. The summed E-state index contributed by atoms with van der Waals surface area (Å²) in [5.41, 5.74) is 10.4. The van der Waals surface area contributed by atoms with Crippen molar-refractivity contribution in [3.8, 4) is 0 Å². The molecule has 15 heavy (non-hydrogen) atoms. The van der Waals surface area contributed by atoms with Gasteiger partial charge in [-0.25, -0.2) is 0 Å². The summed E-state index contributed by atoms with van der Waals surface area (Å²) in [6.07, 6.45) is 4.75. The molecular weight excluding hydrogens is 194 g/mol. The van der Waals surface area contributed by atoms with E-state index in [-0.39, 0.29) is 12.1 Å². The summed E-state index contributed by atoms with van der Waals surface area (Å²) < 4.78 is 4.94. The highest BCUT2D eigenvalue weighted by molar-refractivity contribution is 5.75. The van der Waals surface area contributed by atoms with Crippen LogP contribution in [0, 0.1) is 0 Å². The predicted octanol–water partition coefficient (Wildman–Crippen LogP) is 0.772. The first-order valence-electron chi connectivity index (χ1n) is 5.35. The number of carbonyl (C=O) groups is 1. The lowest BCUT2D eigenvalue weighted by Gasteiger charge is -2.13. The molecule has 0 aliphatic rings. The van der Waals surface area contributed by atoms with Crippen LogP contribution in [0.1, 0.15) is 39.0 Å². The van der Waals surface area contributed by atoms with Crippen LogP contribution in [0.4, 0.5) is 0 Å². The highest BCUT2D eigenvalue weighted by Gasteiger charge is 2.06. The summed E-state index contributed by atoms with van der Waals surface area (Å²) >= 11 is 0. The molecule has 0 heterocycles. The van der Waals surface area contributed by atoms with Gasteiger partial charge in [-0.15, -0.1) is 0 Å². The number of guanidine groups is 1. The molecule has 4 N–H and O–H groups in total. The minimum Gasteiger partial charge on any atom is -0.465 e. The topological polar surface area (TPSA) is 90.7 Å². The van der Waals surface area contributed by atoms with E-state index in [1.807, 2.05) is 0 Å². The minimum atomic E-state index is 0.0479. The van der Waals surface area contributed by atoms with Crippen LogP contribution in [0.3, 0.4) is 0 Å². The van der Waals surface area contributed by atoms with Gasteiger partial charge in [0.15, 0.2) is 5.96 Å². The Morgan fingerprint density at radius 1 is 1.40 bits per heavy atom. The molecule has 88 valence electrons. The van der Waals surface area contributed by atoms with Gasteiger partial charge in [-0.3, -0.25) is 9.79 Å². The van der Waals surface area contributed by atoms with Crippen molar-refractivity contribution in [2.45, 2.75) is 45.1 Å². The monoisotopic (exact) mass is 215 g/mol. The minimum absolute atomic E-state index is 0.0479. The number of hydrogen-bond acceptors (Lipinski definition) is 3. The number of ether oxygens (including phenoxy) is 1. The van der Waals surface area contributed by atoms with Gasteiger partial charge in [0.2, 0.25) is 0 Å². The summed E-state index contributed by atoms with van der Waals surface area (Å²) in [4.78, 5) is 14.1. The second kappa shape index (κ2) is 9.30. The van der Waals surface area contributed by atoms with Crippen LogP contribution in [0.15, 0.2) is 4.99 Å². The van der Waals surface area contributed by atoms with Gasteiger partial charge in [0.1, 0.15) is 6.10 Å². The molecule has 0 fully saturated rings. The Kier molecular flexibility index (Phi) is 8.52. The van der Waals surface area contributed by atoms with E-state index < -0.39 is 0 Å². The van der Waals surface area contributed by atoms with Crippen molar-refractivity contribution in [2.24, 2.45) is 16.5 Å². The van der Waals surface area contributed by atoms with Crippen LogP contribution >= 0.6 is 0 Å². The average Bonchev–Trinajstić information content (AvgIpc) is 2.17. The van der Waals surface area contributed by atoms with Crippen LogP contribution in [-0.4, -0.2) is 25.1 Å². The number of rotatable bonds is 9. The Hall–Kier alpha value is -1.26. The summed E-state index contributed by atoms with van der Waals surface area (Å²) in [7, 11) is 0. The van der Waals surface area contributed by atoms with E-state index in [0.717, 1.165) is 32.1 Å². The summed E-state index contributed by atoms with van der Waals surface area (Å²) in [5.74, 6) is 0.129. The van der Waals surface area contributed by atoms with Crippen LogP contribution in [0.25, 0.3) is 0 Å². The molecule has 0 aliphatic carbocycles. The van der Waals surface area contributed by atoms with E-state index in [1.54, 1.807) is 0 Å². The standard InChI is InChI=1S/C10H21N3O2/c1-2-5-9(15-8-14)6-3-4-7-13-10(11)12/h8-9H,2-7H2,1H3,(H4,11,12,13). The molecule has 0 aromatic heterocycles. The molecule has 1 unspecified atom stereocenters. The summed E-state index contributed by atoms with van der Waals surface area (Å²) in [6.45, 7) is 3.24. The second-order valence-corrected chi connectivity index (χ2v) is 3.45. The van der Waals surface area contributed by atoms with E-state index in [0.29, 0.717) is 13.0 Å². The van der Waals surface area contributed by atoms with Crippen LogP contribution < -0.4 is 11.5 Å². The van der Waals surface area contributed by atoms with Gasteiger partial charge in [0, 0.05) is 6.54 Å². The third-order valence-electron chi connectivity index (χ3n) is 2.09. The van der Waals surface area contributed by atoms with Crippen molar-refractivity contribution in [1.82, 2.24) is 0 Å². The van der Waals surface area contributed by atoms with Crippen molar-refractivity contribution in [2.75, 3.05) is 6.54 Å². The first-order chi connectivity index (χ1) is 7.20. The third kappa shape index (κ3) is 9.05. The fourth-order valence-corrected chi connectivity index (χ4v) is 1.37. The van der Waals surface area contributed by atoms with Crippen molar-refractivity contribution < 1.29 is 9.53 Å². The maximum atomic E-state index is 10.2. The molecule has 0 bridgehead atoms. The van der Waals surface area contributed by atoms with E-state index in [4.69, 9.17) is 16.2 Å². The normalized spacial score (nSPS) is 11.8. The van der Waals surface area contributed by atoms with Gasteiger partial charge in [-0.2, -0.15) is 0 Å². The molecule has 1 atom stereocenters. The third-order valence-corrected chi connectivity index (χ3v) is 2.09. The fraction of sp³-hybridized carbons (Fsp3) is 0.800. The molecular formula is C10H21N3O2. The molecule has 0 radical (unpaired) electrons. The van der Waals surface area contributed by atoms with E-state index in [2.05, 4.69) is 11.9 Å². The molecule has 0 aliphatic heterocycles. The zero-order valence-corrected chi connectivity index (χ0v) is 9.32. The maximum absolute atomic E-state index is 10.2. The molecule has 0 saturated carbocycles. The second-order valence-electron chi connectivity index (χ2n) is 3.45. The lowest BCUT2D eigenvalue weighted by atomic mass is 10.1. The number of nitrogens with two attached hydrogens (primary N) is 2. The van der Waals surface area contributed by atoms with Gasteiger partial charge in [-0.1, -0.05) is 13.3 Å². The Morgan fingerprint density at radius 3 is 2.67 bits per heavy atom. The fourth-order valence-electron chi connectivity index (χ4n) is 1.37. The van der Waals surface area contributed by atoms with E-state index in [9.17, 15) is 4.79 Å². The Labute approximate surface area is 90.9 Å². The number of nitrogens with zero attached hydrogens (tertiary/aromatic N) is 1. The number of hydrogen-bond donors (Lipinski definition) is 2. The SMILES string of the molecule is CCCC(CCCCN=C(N)N)OC=O. The zero-order valence-electron chi connectivity index (χ0n) is 9.32. The van der Waals surface area contributed by atoms with E-state index >= 15 is 0 Å². The lowest BCUT2D eigenvalue weighted by Crippen LogP contribution is -2.23. The Bertz CT molecular complexity index is 191. The number of aliphatic imine (C=N–C) groups is 1. The zero-order chi connectivity index (χ0) is 11.5. The van der Waals surface area contributed by atoms with Gasteiger partial charge in [0.05, 0.1) is 0 Å². The molecule has 5 nitrogen and oxygen atoms in total. The summed E-state index contributed by atoms with van der Waals surface area (Å²) in [5, 5.41) is 0. The van der Waals surface area contributed by atoms with Crippen molar-refractivity contribution >= 4 is 12.4 Å². The maximum Gasteiger partial charge on any atom is 0.293 e. The highest BCUT2D eigenvalue weighted by atomic mass is 16.5. The van der Waals surface area contributed by atoms with E-state index in [1.165, 1.54) is 0 Å². The number of carbonyl (C=O) groups excluding carboxylic acids is 1. The molecule has 5 heteroatoms. The Balaban J connectivity index is 3.52. The predicted molar refractivity (Wildman–Crippen MR) is 60.4 cm³/mol. The van der Waals surface area contributed by atoms with Crippen molar-refractivity contribution in [3.05, 3.63) is 0 Å². The molecule has 0 aromatic rings. The molecule has 0 spiro atoms. The van der Waals surface area contributed by atoms with Gasteiger partial charge in [-0.05, 0) is 25.7 Å². The smallest absolute Gasteiger partial charge is 0.293 e. The van der Waals surface area contributed by atoms with Gasteiger partial charge in [0.25, 0.3) is 6.47 Å². The first kappa shape index (κ1) is 13.7. The average molecular weight is 215 g/mol. The largest absolute Gasteiger partial charge is 0.465 e. The van der Waals surface area contributed by atoms with Gasteiger partial charge < -0.3 is 16.2 Å². The number of unbranched alkanes of at least 4 members (excludes halogenated alkanes) is 1. The van der Waals surface area contributed by atoms with Crippen molar-refractivity contribution in [1.29, 1.82) is 0 Å². The molecule has 0 saturated heterocycles. The van der Waals surface area contributed by atoms with Crippen LogP contribution in [0.5, 0.6) is 0 Å². The van der Waals surface area contributed by atoms with Crippen molar-refractivity contribution in [3.63, 3.8) is 0 Å². The van der Waals surface area contributed by atoms with Gasteiger partial charge >= 0.3 is 0 Å². The first-order valence-corrected chi connectivity index (χ1v) is 5.35. The molecule has 0 amide bonds. The van der Waals surface area contributed by atoms with Crippen LogP contribution in [0.2, 0.25) is 0 Å². The van der Waals surface area contributed by atoms with Crippen LogP contribution in [-0.2, 0) is 9.53 Å². The summed E-state index contributed by atoms with van der Waals surface area (Å²) in [6, 6.07) is 0. The molecule has 0 rings (SSSR count). The Morgan fingerprint density at radius 2 is 2.13 bits per heavy atom.